The molecule has 0 radical (unpaired) electrons. The molecule has 186 valence electrons. The Labute approximate surface area is 204 Å². The molecule has 3 nitrogen and oxygen atoms in total. The molecule has 5 saturated carbocycles. The van der Waals surface area contributed by atoms with Gasteiger partial charge in [0.15, 0.2) is 0 Å². The first kappa shape index (κ1) is 22.5. The fourth-order valence-electron chi connectivity index (χ4n) is 10.4. The van der Waals surface area contributed by atoms with Gasteiger partial charge in [0.1, 0.15) is 0 Å². The molecule has 10 atom stereocenters. The van der Waals surface area contributed by atoms with Crippen LogP contribution in [-0.4, -0.2) is 29.5 Å². The quantitative estimate of drug-likeness (QED) is 0.359. The molecular formula is C29H48NO2P. The summed E-state index contributed by atoms with van der Waals surface area (Å²) in [5, 5.41) is 0. The fourth-order valence-corrected chi connectivity index (χ4v) is 12.5. The van der Waals surface area contributed by atoms with E-state index in [1.807, 2.05) is 0 Å². The van der Waals surface area contributed by atoms with Crippen LogP contribution in [0.3, 0.4) is 0 Å². The zero-order valence-electron chi connectivity index (χ0n) is 20.9. The van der Waals surface area contributed by atoms with Gasteiger partial charge in [0, 0.05) is 12.6 Å². The second-order valence-corrected chi connectivity index (χ2v) is 14.6. The van der Waals surface area contributed by atoms with Crippen molar-refractivity contribution in [2.75, 3.05) is 6.54 Å². The van der Waals surface area contributed by atoms with Crippen LogP contribution < -0.4 is 0 Å². The van der Waals surface area contributed by atoms with E-state index in [0.717, 1.165) is 47.5 Å². The predicted molar refractivity (Wildman–Crippen MR) is 135 cm³/mol. The molecule has 2 saturated heterocycles. The van der Waals surface area contributed by atoms with Gasteiger partial charge >= 0.3 is 0 Å². The molecule has 0 spiro atoms. The minimum atomic E-state index is -0.863. The summed E-state index contributed by atoms with van der Waals surface area (Å²) in [5.41, 5.74) is 0. The molecule has 0 amide bonds. The number of rotatable bonds is 1. The molecule has 7 rings (SSSR count). The molecule has 10 unspecified atom stereocenters. The first-order chi connectivity index (χ1) is 16.4. The molecule has 0 N–H and O–H groups in total. The highest BCUT2D eigenvalue weighted by Gasteiger charge is 2.56. The number of fused-ring (bicyclic) bond motifs is 8. The van der Waals surface area contributed by atoms with E-state index >= 15 is 0 Å². The maximum Gasteiger partial charge on any atom is 0.259 e. The van der Waals surface area contributed by atoms with Crippen LogP contribution in [0.2, 0.25) is 0 Å². The minimum Gasteiger partial charge on any atom is -0.318 e. The molecule has 5 aliphatic carbocycles. The smallest absolute Gasteiger partial charge is 0.259 e. The van der Waals surface area contributed by atoms with E-state index in [2.05, 4.69) is 4.67 Å². The van der Waals surface area contributed by atoms with Crippen molar-refractivity contribution in [2.45, 2.75) is 134 Å². The van der Waals surface area contributed by atoms with Crippen LogP contribution in [0, 0.1) is 41.4 Å². The van der Waals surface area contributed by atoms with Gasteiger partial charge in [-0.15, -0.1) is 0 Å². The summed E-state index contributed by atoms with van der Waals surface area (Å²) in [7, 11) is -0.863. The lowest BCUT2D eigenvalue weighted by Crippen LogP contribution is -2.51. The largest absolute Gasteiger partial charge is 0.318 e. The topological polar surface area (TPSA) is 21.7 Å². The van der Waals surface area contributed by atoms with Crippen molar-refractivity contribution >= 4 is 8.53 Å². The van der Waals surface area contributed by atoms with E-state index in [4.69, 9.17) is 9.05 Å². The van der Waals surface area contributed by atoms with E-state index in [1.54, 1.807) is 0 Å². The standard InChI is InChI=1S/C29H48NO2P/c1-4-12-23-20(8-1)15-17-26-28(23)29-24-13-5-2-9-21(24)16-18-27(29)32-33(31-26)30-19-7-11-22-10-3-6-14-25(22)30/h20-29H,1-19H2. The van der Waals surface area contributed by atoms with Crippen molar-refractivity contribution in [3.05, 3.63) is 0 Å². The van der Waals surface area contributed by atoms with Gasteiger partial charge in [-0.2, -0.15) is 0 Å². The van der Waals surface area contributed by atoms with E-state index in [9.17, 15) is 0 Å². The summed E-state index contributed by atoms with van der Waals surface area (Å²) in [6, 6.07) is 0.755. The van der Waals surface area contributed by atoms with Gasteiger partial charge in [-0.25, -0.2) is 4.67 Å². The average molecular weight is 474 g/mol. The molecule has 0 aromatic rings. The lowest BCUT2D eigenvalue weighted by atomic mass is 9.53. The Morgan fingerprint density at radius 1 is 0.485 bits per heavy atom. The Morgan fingerprint density at radius 2 is 1.00 bits per heavy atom. The molecule has 0 bridgehead atoms. The van der Waals surface area contributed by atoms with Gasteiger partial charge in [0.2, 0.25) is 0 Å². The molecule has 33 heavy (non-hydrogen) atoms. The number of nitrogens with zero attached hydrogens (tertiary/aromatic N) is 1. The SMILES string of the molecule is C1CCC2C(C1)CCC1OP(N3CCCC4CCCCC43)OC3CCC4CCCCC4C3C12. The molecule has 2 aliphatic heterocycles. The van der Waals surface area contributed by atoms with E-state index in [1.165, 1.54) is 122 Å². The maximum atomic E-state index is 7.29. The molecule has 0 aromatic heterocycles. The van der Waals surface area contributed by atoms with Crippen molar-refractivity contribution in [2.24, 2.45) is 41.4 Å². The Balaban J connectivity index is 1.22. The second-order valence-electron chi connectivity index (χ2n) is 13.2. The van der Waals surface area contributed by atoms with Gasteiger partial charge in [-0.3, -0.25) is 0 Å². The van der Waals surface area contributed by atoms with Crippen molar-refractivity contribution in [1.29, 1.82) is 0 Å². The minimum absolute atomic E-state index is 0.495. The molecule has 2 heterocycles. The zero-order chi connectivity index (χ0) is 21.8. The number of piperidine rings is 1. The van der Waals surface area contributed by atoms with Crippen LogP contribution in [0.15, 0.2) is 0 Å². The number of hydrogen-bond acceptors (Lipinski definition) is 3. The first-order valence-electron chi connectivity index (χ1n) is 15.3. The Bertz CT molecular complexity index is 647. The van der Waals surface area contributed by atoms with Crippen molar-refractivity contribution in [1.82, 2.24) is 4.67 Å². The fraction of sp³-hybridized carbons (Fsp3) is 1.00. The van der Waals surface area contributed by atoms with Crippen molar-refractivity contribution < 1.29 is 9.05 Å². The van der Waals surface area contributed by atoms with Crippen molar-refractivity contribution in [3.8, 4) is 0 Å². The van der Waals surface area contributed by atoms with Crippen LogP contribution >= 0.6 is 8.53 Å². The van der Waals surface area contributed by atoms with Gasteiger partial charge in [-0.05, 0) is 106 Å². The molecule has 0 aromatic carbocycles. The first-order valence-corrected chi connectivity index (χ1v) is 16.4. The summed E-state index contributed by atoms with van der Waals surface area (Å²) < 4.78 is 17.4. The average Bonchev–Trinajstić information content (AvgIpc) is 3.05. The Morgan fingerprint density at radius 3 is 1.64 bits per heavy atom. The highest BCUT2D eigenvalue weighted by Crippen LogP contribution is 2.63. The molecule has 7 aliphatic rings. The van der Waals surface area contributed by atoms with Gasteiger partial charge in [-0.1, -0.05) is 51.4 Å². The van der Waals surface area contributed by atoms with E-state index in [0.29, 0.717) is 12.2 Å². The maximum absolute atomic E-state index is 7.29. The lowest BCUT2D eigenvalue weighted by molar-refractivity contribution is -0.0856. The summed E-state index contributed by atoms with van der Waals surface area (Å²) >= 11 is 0. The van der Waals surface area contributed by atoms with Crippen LogP contribution in [0.1, 0.15) is 116 Å². The van der Waals surface area contributed by atoms with E-state index < -0.39 is 8.53 Å². The highest BCUT2D eigenvalue weighted by atomic mass is 31.2. The van der Waals surface area contributed by atoms with Gasteiger partial charge in [0.25, 0.3) is 8.53 Å². The zero-order valence-corrected chi connectivity index (χ0v) is 21.8. The van der Waals surface area contributed by atoms with Crippen LogP contribution in [0.25, 0.3) is 0 Å². The third-order valence-electron chi connectivity index (χ3n) is 11.7. The van der Waals surface area contributed by atoms with Crippen LogP contribution in [-0.2, 0) is 9.05 Å². The summed E-state index contributed by atoms with van der Waals surface area (Å²) in [6.07, 6.45) is 27.0. The Hall–Kier alpha value is 0.310. The number of hydrogen-bond donors (Lipinski definition) is 0. The lowest BCUT2D eigenvalue weighted by Gasteiger charge is -2.53. The Kier molecular flexibility index (Phi) is 6.58. The molecule has 7 fully saturated rings. The molecular weight excluding hydrogens is 425 g/mol. The summed E-state index contributed by atoms with van der Waals surface area (Å²) in [5.74, 6) is 6.39. The normalized spacial score (nSPS) is 52.9. The third kappa shape index (κ3) is 4.08. The third-order valence-corrected chi connectivity index (χ3v) is 13.6. The molecule has 4 heteroatoms. The second kappa shape index (κ2) is 9.64. The predicted octanol–water partition coefficient (Wildman–Crippen LogP) is 8.08. The van der Waals surface area contributed by atoms with Gasteiger partial charge in [0.05, 0.1) is 12.2 Å². The summed E-state index contributed by atoms with van der Waals surface area (Å²) in [6.45, 7) is 1.24. The van der Waals surface area contributed by atoms with Crippen LogP contribution in [0.5, 0.6) is 0 Å². The monoisotopic (exact) mass is 473 g/mol. The highest BCUT2D eigenvalue weighted by molar-refractivity contribution is 7.44. The summed E-state index contributed by atoms with van der Waals surface area (Å²) in [4.78, 5) is 0. The van der Waals surface area contributed by atoms with E-state index in [-0.39, 0.29) is 0 Å². The van der Waals surface area contributed by atoms with Crippen LogP contribution in [0.4, 0.5) is 0 Å². The van der Waals surface area contributed by atoms with Crippen molar-refractivity contribution in [3.63, 3.8) is 0 Å². The van der Waals surface area contributed by atoms with Gasteiger partial charge < -0.3 is 9.05 Å².